The van der Waals surface area contributed by atoms with Gasteiger partial charge in [-0.3, -0.25) is 14.4 Å². The molecule has 96 valence electrons. The topological polar surface area (TPSA) is 77.9 Å². The van der Waals surface area contributed by atoms with E-state index in [1.807, 2.05) is 6.92 Å². The number of hydrogen-bond acceptors (Lipinski definition) is 3. The summed E-state index contributed by atoms with van der Waals surface area (Å²) >= 11 is 0. The van der Waals surface area contributed by atoms with Gasteiger partial charge in [0.15, 0.2) is 0 Å². The van der Waals surface area contributed by atoms with Crippen LogP contribution in [0.4, 0.5) is 0 Å². The number of hydrogen-bond donors (Lipinski definition) is 1. The Morgan fingerprint density at radius 1 is 1.41 bits per heavy atom. The van der Waals surface area contributed by atoms with Crippen LogP contribution >= 0.6 is 0 Å². The molecule has 1 N–H and O–H groups in total. The van der Waals surface area contributed by atoms with Gasteiger partial charge in [-0.2, -0.15) is 0 Å². The number of carboxylic acid groups (broad SMARTS) is 1. The first-order valence-electron chi connectivity index (χ1n) is 5.76. The molecular formula is C11H18N2O4. The van der Waals surface area contributed by atoms with E-state index in [9.17, 15) is 14.4 Å². The molecule has 1 heterocycles. The number of nitrogens with zero attached hydrogens (tertiary/aromatic N) is 2. The average molecular weight is 242 g/mol. The highest BCUT2D eigenvalue weighted by Gasteiger charge is 2.30. The smallest absolute Gasteiger partial charge is 0.315 e. The molecule has 1 saturated heterocycles. The predicted molar refractivity (Wildman–Crippen MR) is 60.3 cm³/mol. The summed E-state index contributed by atoms with van der Waals surface area (Å²) < 4.78 is 0. The summed E-state index contributed by atoms with van der Waals surface area (Å²) in [6.45, 7) is 4.91. The first-order chi connectivity index (χ1) is 7.97. The van der Waals surface area contributed by atoms with Gasteiger partial charge >= 0.3 is 5.97 Å². The number of carbonyl (C=O) groups is 3. The second-order valence-electron chi connectivity index (χ2n) is 4.15. The summed E-state index contributed by atoms with van der Waals surface area (Å²) in [5.41, 5.74) is 0. The van der Waals surface area contributed by atoms with Gasteiger partial charge < -0.3 is 14.9 Å². The molecule has 1 unspecified atom stereocenters. The van der Waals surface area contributed by atoms with Crippen LogP contribution in [0, 0.1) is 5.92 Å². The van der Waals surface area contributed by atoms with Gasteiger partial charge in [0, 0.05) is 19.6 Å². The van der Waals surface area contributed by atoms with Crippen molar-refractivity contribution in [3.05, 3.63) is 0 Å². The van der Waals surface area contributed by atoms with Gasteiger partial charge in [0.05, 0.1) is 6.54 Å². The van der Waals surface area contributed by atoms with Gasteiger partial charge in [0.25, 0.3) is 0 Å². The second-order valence-corrected chi connectivity index (χ2v) is 4.15. The van der Waals surface area contributed by atoms with Crippen molar-refractivity contribution in [1.29, 1.82) is 0 Å². The molecule has 0 aromatic rings. The number of amides is 2. The molecule has 1 aliphatic heterocycles. The lowest BCUT2D eigenvalue weighted by Gasteiger charge is -2.22. The fraction of sp³-hybridized carbons (Fsp3) is 0.727. The standard InChI is InChI=1S/C11H18N2O4/c1-3-12-5-4-6-13(7-9(12)14)10(15)8(2)11(16)17/h8H,3-7H2,1-2H3,(H,16,17). The van der Waals surface area contributed by atoms with Crippen LogP contribution in [0.25, 0.3) is 0 Å². The molecule has 0 bridgehead atoms. The molecule has 0 aromatic carbocycles. The second kappa shape index (κ2) is 5.65. The Morgan fingerprint density at radius 2 is 2.06 bits per heavy atom. The Morgan fingerprint density at radius 3 is 2.59 bits per heavy atom. The molecule has 0 saturated carbocycles. The van der Waals surface area contributed by atoms with Crippen molar-refractivity contribution in [2.75, 3.05) is 26.2 Å². The van der Waals surface area contributed by atoms with Crippen LogP contribution < -0.4 is 0 Å². The maximum atomic E-state index is 11.8. The number of carbonyl (C=O) groups excluding carboxylic acids is 2. The van der Waals surface area contributed by atoms with Crippen LogP contribution in [0.15, 0.2) is 0 Å². The van der Waals surface area contributed by atoms with Crippen molar-refractivity contribution in [2.45, 2.75) is 20.3 Å². The summed E-state index contributed by atoms with van der Waals surface area (Å²) in [6.07, 6.45) is 0.692. The van der Waals surface area contributed by atoms with Gasteiger partial charge in [-0.25, -0.2) is 0 Å². The van der Waals surface area contributed by atoms with Crippen LogP contribution in [-0.4, -0.2) is 58.9 Å². The Hall–Kier alpha value is -1.59. The third kappa shape index (κ3) is 3.18. The lowest BCUT2D eigenvalue weighted by Crippen LogP contribution is -2.42. The summed E-state index contributed by atoms with van der Waals surface area (Å²) in [5.74, 6) is -2.84. The van der Waals surface area contributed by atoms with E-state index in [4.69, 9.17) is 5.11 Å². The molecule has 6 heteroatoms. The molecule has 17 heavy (non-hydrogen) atoms. The summed E-state index contributed by atoms with van der Waals surface area (Å²) in [6, 6.07) is 0. The zero-order chi connectivity index (χ0) is 13.0. The molecular weight excluding hydrogens is 224 g/mol. The molecule has 2 amide bonds. The largest absolute Gasteiger partial charge is 0.481 e. The van der Waals surface area contributed by atoms with Crippen LogP contribution in [0.1, 0.15) is 20.3 Å². The number of likely N-dealkylation sites (N-methyl/N-ethyl adjacent to an activating group) is 1. The lowest BCUT2D eigenvalue weighted by molar-refractivity contribution is -0.151. The molecule has 1 fully saturated rings. The maximum Gasteiger partial charge on any atom is 0.315 e. The van der Waals surface area contributed by atoms with E-state index in [0.29, 0.717) is 26.1 Å². The molecule has 6 nitrogen and oxygen atoms in total. The Balaban J connectivity index is 2.70. The van der Waals surface area contributed by atoms with Crippen LogP contribution in [0.2, 0.25) is 0 Å². The zero-order valence-electron chi connectivity index (χ0n) is 10.2. The number of rotatable bonds is 3. The summed E-state index contributed by atoms with van der Waals surface area (Å²) in [4.78, 5) is 37.3. The van der Waals surface area contributed by atoms with E-state index >= 15 is 0 Å². The molecule has 0 radical (unpaired) electrons. The number of carboxylic acids is 1. The zero-order valence-corrected chi connectivity index (χ0v) is 10.2. The Bertz CT molecular complexity index is 329. The van der Waals surface area contributed by atoms with Crippen molar-refractivity contribution in [3.63, 3.8) is 0 Å². The van der Waals surface area contributed by atoms with Crippen LogP contribution in [-0.2, 0) is 14.4 Å². The minimum absolute atomic E-state index is 0.00963. The van der Waals surface area contributed by atoms with Crippen LogP contribution in [0.3, 0.4) is 0 Å². The molecule has 1 aliphatic rings. The molecule has 0 aliphatic carbocycles. The fourth-order valence-corrected chi connectivity index (χ4v) is 1.82. The highest BCUT2D eigenvalue weighted by atomic mass is 16.4. The van der Waals surface area contributed by atoms with Crippen LogP contribution in [0.5, 0.6) is 0 Å². The maximum absolute atomic E-state index is 11.8. The van der Waals surface area contributed by atoms with Gasteiger partial charge in [0.1, 0.15) is 5.92 Å². The normalized spacial score (nSPS) is 18.8. The van der Waals surface area contributed by atoms with Gasteiger partial charge in [0.2, 0.25) is 11.8 Å². The first kappa shape index (κ1) is 13.5. The van der Waals surface area contributed by atoms with Crippen molar-refractivity contribution in [1.82, 2.24) is 9.80 Å². The van der Waals surface area contributed by atoms with E-state index in [-0.39, 0.29) is 12.5 Å². The Kier molecular flexibility index (Phi) is 4.48. The van der Waals surface area contributed by atoms with Gasteiger partial charge in [-0.15, -0.1) is 0 Å². The van der Waals surface area contributed by atoms with E-state index in [1.165, 1.54) is 11.8 Å². The van der Waals surface area contributed by atoms with E-state index in [2.05, 4.69) is 0 Å². The fourth-order valence-electron chi connectivity index (χ4n) is 1.82. The SMILES string of the molecule is CCN1CCCN(C(=O)C(C)C(=O)O)CC1=O. The first-order valence-corrected chi connectivity index (χ1v) is 5.76. The minimum Gasteiger partial charge on any atom is -0.481 e. The lowest BCUT2D eigenvalue weighted by atomic mass is 10.1. The molecule has 0 aromatic heterocycles. The van der Waals surface area contributed by atoms with Crippen molar-refractivity contribution in [2.24, 2.45) is 5.92 Å². The quantitative estimate of drug-likeness (QED) is 0.694. The predicted octanol–water partition coefficient (Wildman–Crippen LogP) is -0.212. The van der Waals surface area contributed by atoms with Crippen molar-refractivity contribution in [3.8, 4) is 0 Å². The van der Waals surface area contributed by atoms with E-state index in [0.717, 1.165) is 0 Å². The minimum atomic E-state index is -1.15. The van der Waals surface area contributed by atoms with Crippen molar-refractivity contribution >= 4 is 17.8 Å². The monoisotopic (exact) mass is 242 g/mol. The van der Waals surface area contributed by atoms with Gasteiger partial charge in [-0.1, -0.05) is 0 Å². The Labute approximate surface area is 100 Å². The summed E-state index contributed by atoms with van der Waals surface area (Å²) in [7, 11) is 0. The highest BCUT2D eigenvalue weighted by Crippen LogP contribution is 2.09. The molecule has 1 rings (SSSR count). The average Bonchev–Trinajstić information content (AvgIpc) is 2.48. The third-order valence-electron chi connectivity index (χ3n) is 2.97. The highest BCUT2D eigenvalue weighted by molar-refractivity contribution is 5.98. The summed E-state index contributed by atoms with van der Waals surface area (Å²) in [5, 5.41) is 8.77. The van der Waals surface area contributed by atoms with Crippen molar-refractivity contribution < 1.29 is 19.5 Å². The molecule has 1 atom stereocenters. The van der Waals surface area contributed by atoms with E-state index in [1.54, 1.807) is 4.90 Å². The van der Waals surface area contributed by atoms with Gasteiger partial charge in [-0.05, 0) is 20.3 Å². The van der Waals surface area contributed by atoms with E-state index < -0.39 is 17.8 Å². The molecule has 0 spiro atoms. The number of aliphatic carboxylic acids is 1. The third-order valence-corrected chi connectivity index (χ3v) is 2.97.